The van der Waals surface area contributed by atoms with E-state index in [2.05, 4.69) is 17.6 Å². The van der Waals surface area contributed by atoms with Gasteiger partial charge in [-0.25, -0.2) is 4.79 Å². The van der Waals surface area contributed by atoms with E-state index in [1.807, 2.05) is 61.5 Å². The number of nitrogens with zero attached hydrogens (tertiary/aromatic N) is 1. The number of imide groups is 1. The van der Waals surface area contributed by atoms with E-state index in [0.717, 1.165) is 24.2 Å². The summed E-state index contributed by atoms with van der Waals surface area (Å²) in [6, 6.07) is 16.2. The summed E-state index contributed by atoms with van der Waals surface area (Å²) in [5.74, 6) is -0.809. The van der Waals surface area contributed by atoms with Gasteiger partial charge in [0.2, 0.25) is 5.91 Å². The van der Waals surface area contributed by atoms with Gasteiger partial charge in [-0.1, -0.05) is 62.7 Å². The van der Waals surface area contributed by atoms with Crippen LogP contribution in [0.3, 0.4) is 0 Å². The van der Waals surface area contributed by atoms with E-state index in [1.54, 1.807) is 0 Å². The Morgan fingerprint density at radius 2 is 1.72 bits per heavy atom. The van der Waals surface area contributed by atoms with Crippen molar-refractivity contribution in [3.05, 3.63) is 65.7 Å². The van der Waals surface area contributed by atoms with E-state index in [1.165, 1.54) is 5.56 Å². The number of unbranched alkanes of at least 4 members (excludes halogenated alkanes) is 1. The number of urea groups is 1. The first-order valence-corrected chi connectivity index (χ1v) is 10.1. The average molecular weight is 393 g/mol. The summed E-state index contributed by atoms with van der Waals surface area (Å²) in [5, 5.41) is 5.55. The number of aryl methyl sites for hydroxylation is 1. The molecule has 6 heteroatoms. The number of amides is 4. The van der Waals surface area contributed by atoms with Gasteiger partial charge < -0.3 is 10.6 Å². The van der Waals surface area contributed by atoms with Crippen molar-refractivity contribution in [1.29, 1.82) is 0 Å². The second-order valence-corrected chi connectivity index (χ2v) is 7.30. The minimum Gasteiger partial charge on any atom is -0.325 e. The molecule has 1 fully saturated rings. The molecule has 3 rings (SSSR count). The molecule has 4 amide bonds. The molecule has 0 saturated carbocycles. The van der Waals surface area contributed by atoms with Crippen LogP contribution in [0.15, 0.2) is 54.6 Å². The van der Waals surface area contributed by atoms with E-state index in [4.69, 9.17) is 0 Å². The molecule has 6 nitrogen and oxygen atoms in total. The van der Waals surface area contributed by atoms with E-state index in [9.17, 15) is 14.4 Å². The van der Waals surface area contributed by atoms with Crippen LogP contribution in [0.1, 0.15) is 44.2 Å². The van der Waals surface area contributed by atoms with E-state index < -0.39 is 23.4 Å². The summed E-state index contributed by atoms with van der Waals surface area (Å²) in [6.07, 6.45) is 3.66. The normalized spacial score (nSPS) is 18.6. The zero-order chi connectivity index (χ0) is 20.9. The van der Waals surface area contributed by atoms with Crippen LogP contribution < -0.4 is 10.6 Å². The Bertz CT molecular complexity index is 880. The fourth-order valence-electron chi connectivity index (χ4n) is 3.61. The molecule has 2 aromatic rings. The quantitative estimate of drug-likeness (QED) is 0.669. The third-order valence-electron chi connectivity index (χ3n) is 5.33. The van der Waals surface area contributed by atoms with Crippen LogP contribution in [-0.2, 0) is 21.5 Å². The number of anilines is 1. The first-order chi connectivity index (χ1) is 14.0. The average Bonchev–Trinajstić information content (AvgIpc) is 2.99. The summed E-state index contributed by atoms with van der Waals surface area (Å²) in [5.41, 5.74) is 1.45. The van der Waals surface area contributed by atoms with Crippen LogP contribution in [-0.4, -0.2) is 29.3 Å². The van der Waals surface area contributed by atoms with Crippen molar-refractivity contribution in [3.8, 4) is 0 Å². The lowest BCUT2D eigenvalue weighted by Crippen LogP contribution is -2.44. The highest BCUT2D eigenvalue weighted by molar-refractivity contribution is 6.10. The molecule has 152 valence electrons. The van der Waals surface area contributed by atoms with Crippen LogP contribution in [0, 0.1) is 0 Å². The zero-order valence-electron chi connectivity index (χ0n) is 16.9. The monoisotopic (exact) mass is 393 g/mol. The molecule has 0 aliphatic carbocycles. The second kappa shape index (κ2) is 8.90. The van der Waals surface area contributed by atoms with Crippen LogP contribution in [0.2, 0.25) is 0 Å². The smallest absolute Gasteiger partial charge is 0.325 e. The number of hydrogen-bond acceptors (Lipinski definition) is 3. The maximum Gasteiger partial charge on any atom is 0.325 e. The Labute approximate surface area is 171 Å². The molecular formula is C23H27N3O3. The molecule has 0 bridgehead atoms. The van der Waals surface area contributed by atoms with Crippen LogP contribution >= 0.6 is 0 Å². The fourth-order valence-corrected chi connectivity index (χ4v) is 3.61. The number of benzene rings is 2. The van der Waals surface area contributed by atoms with Gasteiger partial charge in [0, 0.05) is 5.69 Å². The lowest BCUT2D eigenvalue weighted by Gasteiger charge is -2.25. The molecule has 1 atom stereocenters. The van der Waals surface area contributed by atoms with Crippen molar-refractivity contribution >= 4 is 23.5 Å². The third kappa shape index (κ3) is 4.31. The molecule has 29 heavy (non-hydrogen) atoms. The largest absolute Gasteiger partial charge is 0.325 e. The molecule has 0 spiro atoms. The standard InChI is InChI=1S/C23H27N3O3/c1-3-5-9-17-12-14-19(15-13-17)24-20(27)16-26-21(28)23(4-2,25-22(26)29)18-10-7-6-8-11-18/h6-8,10-15H,3-5,9,16H2,1-2H3,(H,24,27)(H,25,29)/t23-/m1/s1. The van der Waals surface area contributed by atoms with Gasteiger partial charge in [-0.2, -0.15) is 0 Å². The van der Waals surface area contributed by atoms with Gasteiger partial charge in [0.25, 0.3) is 5.91 Å². The highest BCUT2D eigenvalue weighted by atomic mass is 16.2. The minimum atomic E-state index is -1.13. The summed E-state index contributed by atoms with van der Waals surface area (Å²) in [6.45, 7) is 3.67. The van der Waals surface area contributed by atoms with Crippen molar-refractivity contribution in [1.82, 2.24) is 10.2 Å². The van der Waals surface area contributed by atoms with Gasteiger partial charge in [-0.05, 0) is 42.5 Å². The summed E-state index contributed by atoms with van der Waals surface area (Å²) >= 11 is 0. The Morgan fingerprint density at radius 1 is 1.03 bits per heavy atom. The Hall–Kier alpha value is -3.15. The molecule has 1 heterocycles. The van der Waals surface area contributed by atoms with Gasteiger partial charge in [-0.15, -0.1) is 0 Å². The maximum atomic E-state index is 13.1. The topological polar surface area (TPSA) is 78.5 Å². The molecule has 1 aliphatic rings. The Balaban J connectivity index is 1.67. The lowest BCUT2D eigenvalue weighted by atomic mass is 9.87. The third-order valence-corrected chi connectivity index (χ3v) is 5.33. The predicted octanol–water partition coefficient (Wildman–Crippen LogP) is 3.83. The molecular weight excluding hydrogens is 366 g/mol. The summed E-state index contributed by atoms with van der Waals surface area (Å²) in [7, 11) is 0. The van der Waals surface area contributed by atoms with E-state index in [0.29, 0.717) is 17.7 Å². The molecule has 2 N–H and O–H groups in total. The van der Waals surface area contributed by atoms with Crippen molar-refractivity contribution in [3.63, 3.8) is 0 Å². The van der Waals surface area contributed by atoms with Gasteiger partial charge >= 0.3 is 6.03 Å². The van der Waals surface area contributed by atoms with Crippen molar-refractivity contribution in [2.75, 3.05) is 11.9 Å². The Kier molecular flexibility index (Phi) is 6.32. The predicted molar refractivity (Wildman–Crippen MR) is 112 cm³/mol. The van der Waals surface area contributed by atoms with Crippen molar-refractivity contribution in [2.45, 2.75) is 45.1 Å². The summed E-state index contributed by atoms with van der Waals surface area (Å²) in [4.78, 5) is 39.0. The fraction of sp³-hybridized carbons (Fsp3) is 0.348. The summed E-state index contributed by atoms with van der Waals surface area (Å²) < 4.78 is 0. The van der Waals surface area contributed by atoms with Crippen molar-refractivity contribution in [2.24, 2.45) is 0 Å². The lowest BCUT2D eigenvalue weighted by molar-refractivity contribution is -0.134. The van der Waals surface area contributed by atoms with Gasteiger partial charge in [0.1, 0.15) is 12.1 Å². The number of hydrogen-bond donors (Lipinski definition) is 2. The van der Waals surface area contributed by atoms with Crippen LogP contribution in [0.4, 0.5) is 10.5 Å². The molecule has 0 unspecified atom stereocenters. The van der Waals surface area contributed by atoms with Crippen molar-refractivity contribution < 1.29 is 14.4 Å². The molecule has 0 radical (unpaired) electrons. The number of nitrogens with one attached hydrogen (secondary N) is 2. The number of carbonyl (C=O) groups excluding carboxylic acids is 3. The maximum absolute atomic E-state index is 13.1. The molecule has 1 saturated heterocycles. The first-order valence-electron chi connectivity index (χ1n) is 10.1. The first kappa shape index (κ1) is 20.6. The minimum absolute atomic E-state index is 0.323. The van der Waals surface area contributed by atoms with Gasteiger partial charge in [-0.3, -0.25) is 14.5 Å². The van der Waals surface area contributed by atoms with Gasteiger partial charge in [0.05, 0.1) is 0 Å². The number of carbonyl (C=O) groups is 3. The second-order valence-electron chi connectivity index (χ2n) is 7.30. The number of rotatable bonds is 8. The van der Waals surface area contributed by atoms with Gasteiger partial charge in [0.15, 0.2) is 0 Å². The highest BCUT2D eigenvalue weighted by Crippen LogP contribution is 2.32. The SMILES string of the molecule is CCCCc1ccc(NC(=O)CN2C(=O)N[C@](CC)(c3ccccc3)C2=O)cc1. The van der Waals surface area contributed by atoms with E-state index in [-0.39, 0.29) is 6.54 Å². The van der Waals surface area contributed by atoms with Crippen LogP contribution in [0.5, 0.6) is 0 Å². The molecule has 1 aliphatic heterocycles. The van der Waals surface area contributed by atoms with Crippen LogP contribution in [0.25, 0.3) is 0 Å². The Morgan fingerprint density at radius 3 is 2.34 bits per heavy atom. The molecule has 2 aromatic carbocycles. The van der Waals surface area contributed by atoms with E-state index >= 15 is 0 Å². The highest BCUT2D eigenvalue weighted by Gasteiger charge is 2.51. The zero-order valence-corrected chi connectivity index (χ0v) is 16.9. The molecule has 0 aromatic heterocycles.